The number of nitrogens with one attached hydrogen (secondary N) is 1. The highest BCUT2D eigenvalue weighted by molar-refractivity contribution is 6.32. The summed E-state index contributed by atoms with van der Waals surface area (Å²) in [6.07, 6.45) is 0. The van der Waals surface area contributed by atoms with Crippen molar-refractivity contribution in [3.63, 3.8) is 0 Å². The van der Waals surface area contributed by atoms with Crippen molar-refractivity contribution in [3.05, 3.63) is 22.7 Å². The molecular weight excluding hydrogens is 278 g/mol. The second-order valence-corrected chi connectivity index (χ2v) is 5.37. The monoisotopic (exact) mass is 301 g/mol. The van der Waals surface area contributed by atoms with Crippen molar-refractivity contribution in [2.75, 3.05) is 34.0 Å². The molecule has 0 heterocycles. The molecule has 1 aromatic carbocycles. The van der Waals surface area contributed by atoms with Crippen molar-refractivity contribution >= 4 is 11.6 Å². The van der Waals surface area contributed by atoms with Gasteiger partial charge in [-0.3, -0.25) is 0 Å². The van der Waals surface area contributed by atoms with Gasteiger partial charge in [0.05, 0.1) is 25.8 Å². The Labute approximate surface area is 126 Å². The summed E-state index contributed by atoms with van der Waals surface area (Å²) in [4.78, 5) is 0. The minimum absolute atomic E-state index is 0.555. The van der Waals surface area contributed by atoms with Gasteiger partial charge in [-0.15, -0.1) is 0 Å². The van der Waals surface area contributed by atoms with Gasteiger partial charge in [-0.05, 0) is 23.6 Å². The SMILES string of the molecule is COc1cc(CNCCOCC(C)C)cc(Cl)c1OC. The fourth-order valence-electron chi connectivity index (χ4n) is 1.77. The zero-order valence-electron chi connectivity index (χ0n) is 12.7. The molecule has 1 aromatic rings. The van der Waals surface area contributed by atoms with Gasteiger partial charge in [0.2, 0.25) is 0 Å². The maximum absolute atomic E-state index is 6.15. The molecule has 1 N–H and O–H groups in total. The fourth-order valence-corrected chi connectivity index (χ4v) is 2.08. The van der Waals surface area contributed by atoms with Crippen LogP contribution in [-0.2, 0) is 11.3 Å². The van der Waals surface area contributed by atoms with Gasteiger partial charge in [-0.25, -0.2) is 0 Å². The molecule has 0 bridgehead atoms. The number of hydrogen-bond acceptors (Lipinski definition) is 4. The molecule has 0 fully saturated rings. The van der Waals surface area contributed by atoms with Crippen molar-refractivity contribution in [1.82, 2.24) is 5.32 Å². The molecular formula is C15H24ClNO3. The molecule has 20 heavy (non-hydrogen) atoms. The Morgan fingerprint density at radius 3 is 2.55 bits per heavy atom. The van der Waals surface area contributed by atoms with Crippen LogP contribution in [0, 0.1) is 5.92 Å². The topological polar surface area (TPSA) is 39.7 Å². The number of methoxy groups -OCH3 is 2. The van der Waals surface area contributed by atoms with Crippen molar-refractivity contribution < 1.29 is 14.2 Å². The summed E-state index contributed by atoms with van der Waals surface area (Å²) in [6.45, 7) is 7.30. The molecule has 0 aliphatic heterocycles. The molecule has 0 aromatic heterocycles. The van der Waals surface area contributed by atoms with Crippen molar-refractivity contribution in [3.8, 4) is 11.5 Å². The third kappa shape index (κ3) is 5.57. The Hall–Kier alpha value is -0.970. The van der Waals surface area contributed by atoms with E-state index in [1.807, 2.05) is 12.1 Å². The lowest BCUT2D eigenvalue weighted by molar-refractivity contribution is 0.111. The molecule has 0 aliphatic rings. The van der Waals surface area contributed by atoms with Gasteiger partial charge in [-0.2, -0.15) is 0 Å². The molecule has 0 radical (unpaired) electrons. The summed E-state index contributed by atoms with van der Waals surface area (Å²) in [5, 5.41) is 3.87. The van der Waals surface area contributed by atoms with E-state index in [-0.39, 0.29) is 0 Å². The van der Waals surface area contributed by atoms with Gasteiger partial charge < -0.3 is 19.5 Å². The van der Waals surface area contributed by atoms with E-state index in [9.17, 15) is 0 Å². The van der Waals surface area contributed by atoms with E-state index in [4.69, 9.17) is 25.8 Å². The van der Waals surface area contributed by atoms with Crippen LogP contribution in [0.5, 0.6) is 11.5 Å². The minimum Gasteiger partial charge on any atom is -0.493 e. The van der Waals surface area contributed by atoms with Crippen LogP contribution in [0.3, 0.4) is 0 Å². The second kappa shape index (κ2) is 9.06. The first-order chi connectivity index (χ1) is 9.58. The Morgan fingerprint density at radius 2 is 1.95 bits per heavy atom. The quantitative estimate of drug-likeness (QED) is 0.711. The van der Waals surface area contributed by atoms with Crippen molar-refractivity contribution in [2.45, 2.75) is 20.4 Å². The maximum atomic E-state index is 6.15. The van der Waals surface area contributed by atoms with Crippen molar-refractivity contribution in [2.24, 2.45) is 5.92 Å². The van der Waals surface area contributed by atoms with Gasteiger partial charge in [0.25, 0.3) is 0 Å². The summed E-state index contributed by atoms with van der Waals surface area (Å²) in [5.74, 6) is 1.78. The maximum Gasteiger partial charge on any atom is 0.179 e. The van der Waals surface area contributed by atoms with Crippen LogP contribution in [0.25, 0.3) is 0 Å². The first-order valence-corrected chi connectivity index (χ1v) is 7.15. The predicted molar refractivity (Wildman–Crippen MR) is 81.9 cm³/mol. The van der Waals surface area contributed by atoms with Crippen LogP contribution in [0.4, 0.5) is 0 Å². The second-order valence-electron chi connectivity index (χ2n) is 4.96. The molecule has 0 amide bonds. The van der Waals surface area contributed by atoms with E-state index in [1.165, 1.54) is 0 Å². The number of rotatable bonds is 9. The molecule has 4 nitrogen and oxygen atoms in total. The molecule has 0 aliphatic carbocycles. The molecule has 0 spiro atoms. The zero-order valence-corrected chi connectivity index (χ0v) is 13.4. The van der Waals surface area contributed by atoms with Crippen LogP contribution < -0.4 is 14.8 Å². The van der Waals surface area contributed by atoms with Crippen LogP contribution in [0.15, 0.2) is 12.1 Å². The van der Waals surface area contributed by atoms with Crippen LogP contribution in [0.2, 0.25) is 5.02 Å². The number of benzene rings is 1. The lowest BCUT2D eigenvalue weighted by Crippen LogP contribution is -2.20. The van der Waals surface area contributed by atoms with Crippen LogP contribution >= 0.6 is 11.6 Å². The predicted octanol–water partition coefficient (Wildman–Crippen LogP) is 3.12. The van der Waals surface area contributed by atoms with E-state index >= 15 is 0 Å². The third-order valence-electron chi connectivity index (χ3n) is 2.70. The summed E-state index contributed by atoms with van der Waals surface area (Å²) in [5.41, 5.74) is 1.05. The molecule has 1 rings (SSSR count). The van der Waals surface area contributed by atoms with Gasteiger partial charge in [0.15, 0.2) is 11.5 Å². The van der Waals surface area contributed by atoms with Gasteiger partial charge in [0.1, 0.15) is 0 Å². The van der Waals surface area contributed by atoms with E-state index in [1.54, 1.807) is 14.2 Å². The normalized spacial score (nSPS) is 10.9. The highest BCUT2D eigenvalue weighted by Gasteiger charge is 2.10. The molecule has 0 unspecified atom stereocenters. The number of ether oxygens (including phenoxy) is 3. The smallest absolute Gasteiger partial charge is 0.179 e. The van der Waals surface area contributed by atoms with Gasteiger partial charge in [0, 0.05) is 19.7 Å². The van der Waals surface area contributed by atoms with Gasteiger partial charge in [-0.1, -0.05) is 25.4 Å². The number of hydrogen-bond donors (Lipinski definition) is 1. The average Bonchev–Trinajstić information content (AvgIpc) is 2.41. The summed E-state index contributed by atoms with van der Waals surface area (Å²) in [6, 6.07) is 3.80. The van der Waals surface area contributed by atoms with E-state index in [0.717, 1.165) is 18.7 Å². The largest absolute Gasteiger partial charge is 0.493 e. The summed E-state index contributed by atoms with van der Waals surface area (Å²) < 4.78 is 16.0. The fraction of sp³-hybridized carbons (Fsp3) is 0.600. The highest BCUT2D eigenvalue weighted by atomic mass is 35.5. The Kier molecular flexibility index (Phi) is 7.73. The van der Waals surface area contributed by atoms with Crippen LogP contribution in [0.1, 0.15) is 19.4 Å². The summed E-state index contributed by atoms with van der Waals surface area (Å²) in [7, 11) is 3.18. The van der Waals surface area contributed by atoms with E-state index in [2.05, 4.69) is 19.2 Å². The van der Waals surface area contributed by atoms with Crippen molar-refractivity contribution in [1.29, 1.82) is 0 Å². The van der Waals surface area contributed by atoms with E-state index < -0.39 is 0 Å². The molecule has 114 valence electrons. The molecule has 0 atom stereocenters. The zero-order chi connectivity index (χ0) is 15.0. The lowest BCUT2D eigenvalue weighted by atomic mass is 10.2. The Morgan fingerprint density at radius 1 is 1.20 bits per heavy atom. The third-order valence-corrected chi connectivity index (χ3v) is 2.98. The molecule has 5 heteroatoms. The molecule has 0 saturated carbocycles. The Bertz CT molecular complexity index is 410. The summed E-state index contributed by atoms with van der Waals surface area (Å²) >= 11 is 6.15. The Balaban J connectivity index is 2.42. The van der Waals surface area contributed by atoms with Gasteiger partial charge >= 0.3 is 0 Å². The first-order valence-electron chi connectivity index (χ1n) is 6.77. The lowest BCUT2D eigenvalue weighted by Gasteiger charge is -2.12. The number of halogens is 1. The van der Waals surface area contributed by atoms with Crippen LogP contribution in [-0.4, -0.2) is 34.0 Å². The van der Waals surface area contributed by atoms with E-state index in [0.29, 0.717) is 35.6 Å². The standard InChI is InChI=1S/C15H24ClNO3/c1-11(2)10-20-6-5-17-9-12-7-13(16)15(19-4)14(8-12)18-3/h7-8,11,17H,5-6,9-10H2,1-4H3. The molecule has 0 saturated heterocycles. The first kappa shape index (κ1) is 17.1. The highest BCUT2D eigenvalue weighted by Crippen LogP contribution is 2.35. The minimum atomic E-state index is 0.555. The average molecular weight is 302 g/mol.